The summed E-state index contributed by atoms with van der Waals surface area (Å²) in [4.78, 5) is 34.4. The van der Waals surface area contributed by atoms with Crippen LogP contribution < -0.4 is 10.2 Å². The lowest BCUT2D eigenvalue weighted by Gasteiger charge is -2.24. The summed E-state index contributed by atoms with van der Waals surface area (Å²) in [6.45, 7) is 4.78. The maximum absolute atomic E-state index is 12.0. The van der Waals surface area contributed by atoms with E-state index in [1.165, 1.54) is 0 Å². The zero-order valence-corrected chi connectivity index (χ0v) is 12.8. The summed E-state index contributed by atoms with van der Waals surface area (Å²) in [5.41, 5.74) is -0.0339. The van der Waals surface area contributed by atoms with Gasteiger partial charge in [0.15, 0.2) is 0 Å². The van der Waals surface area contributed by atoms with Crippen LogP contribution in [0.3, 0.4) is 0 Å². The number of nitrogens with one attached hydrogen (secondary N) is 1. The van der Waals surface area contributed by atoms with Crippen molar-refractivity contribution in [3.05, 3.63) is 17.6 Å². The second-order valence-corrected chi connectivity index (χ2v) is 6.13. The van der Waals surface area contributed by atoms with Crippen molar-refractivity contribution in [2.24, 2.45) is 11.3 Å². The van der Waals surface area contributed by atoms with Crippen molar-refractivity contribution in [3.63, 3.8) is 0 Å². The van der Waals surface area contributed by atoms with Gasteiger partial charge in [-0.15, -0.1) is 0 Å². The van der Waals surface area contributed by atoms with Gasteiger partial charge in [0.05, 0.1) is 5.92 Å². The van der Waals surface area contributed by atoms with E-state index in [1.54, 1.807) is 0 Å². The summed E-state index contributed by atoms with van der Waals surface area (Å²) in [5, 5.41) is 12.3. The van der Waals surface area contributed by atoms with Crippen LogP contribution in [0.2, 0.25) is 0 Å². The first-order chi connectivity index (χ1) is 10.5. The topological polar surface area (TPSA) is 95.4 Å². The van der Waals surface area contributed by atoms with Crippen molar-refractivity contribution in [1.29, 1.82) is 0 Å². The molecule has 7 nitrogen and oxygen atoms in total. The number of hydrogen-bond acceptors (Lipinski definition) is 5. The van der Waals surface area contributed by atoms with E-state index in [2.05, 4.69) is 22.2 Å². The Hall–Kier alpha value is -2.18. The van der Waals surface area contributed by atoms with Gasteiger partial charge in [-0.3, -0.25) is 9.59 Å². The van der Waals surface area contributed by atoms with E-state index >= 15 is 0 Å². The highest BCUT2D eigenvalue weighted by Crippen LogP contribution is 2.42. The van der Waals surface area contributed by atoms with Crippen molar-refractivity contribution in [2.45, 2.75) is 26.7 Å². The minimum Gasteiger partial charge on any atom is -0.481 e. The highest BCUT2D eigenvalue weighted by Gasteiger charge is 2.59. The fourth-order valence-corrected chi connectivity index (χ4v) is 3.45. The molecule has 2 fully saturated rings. The van der Waals surface area contributed by atoms with Crippen LogP contribution in [0.4, 0.5) is 5.82 Å². The molecule has 1 amide bonds. The Bertz CT molecular complexity index is 633. The summed E-state index contributed by atoms with van der Waals surface area (Å²) >= 11 is 0. The second-order valence-electron chi connectivity index (χ2n) is 6.13. The Morgan fingerprint density at radius 3 is 3.00 bits per heavy atom. The lowest BCUT2D eigenvalue weighted by Crippen LogP contribution is -2.40. The van der Waals surface area contributed by atoms with E-state index in [9.17, 15) is 14.7 Å². The molecule has 0 radical (unpaired) electrons. The van der Waals surface area contributed by atoms with Gasteiger partial charge < -0.3 is 15.3 Å². The van der Waals surface area contributed by atoms with Crippen molar-refractivity contribution in [2.75, 3.05) is 24.5 Å². The van der Waals surface area contributed by atoms with Gasteiger partial charge in [-0.2, -0.15) is 0 Å². The van der Waals surface area contributed by atoms with Crippen molar-refractivity contribution >= 4 is 17.7 Å². The van der Waals surface area contributed by atoms with Crippen LogP contribution >= 0.6 is 0 Å². The Kier molecular flexibility index (Phi) is 3.50. The van der Waals surface area contributed by atoms with Gasteiger partial charge >= 0.3 is 5.97 Å². The van der Waals surface area contributed by atoms with Crippen LogP contribution in [0.1, 0.15) is 24.7 Å². The summed E-state index contributed by atoms with van der Waals surface area (Å²) < 4.78 is 0. The lowest BCUT2D eigenvalue weighted by atomic mass is 9.81. The molecule has 2 aliphatic heterocycles. The molecule has 0 aromatic carbocycles. The highest BCUT2D eigenvalue weighted by molar-refractivity contribution is 5.93. The predicted molar refractivity (Wildman–Crippen MR) is 79.5 cm³/mol. The maximum Gasteiger partial charge on any atom is 0.314 e. The SMILES string of the molecule is CCCc1cnc(C)nc1N1C[C@H]2C(=O)NC[C@@]2(C(=O)O)C1. The molecule has 22 heavy (non-hydrogen) atoms. The number of aromatic nitrogens is 2. The molecule has 0 bridgehead atoms. The van der Waals surface area contributed by atoms with Gasteiger partial charge in [0, 0.05) is 31.4 Å². The zero-order valence-electron chi connectivity index (χ0n) is 12.8. The molecular formula is C15H20N4O3. The summed E-state index contributed by atoms with van der Waals surface area (Å²) in [5.74, 6) is -0.179. The molecule has 2 aliphatic rings. The molecule has 3 rings (SSSR count). The van der Waals surface area contributed by atoms with Crippen LogP contribution in [-0.4, -0.2) is 46.6 Å². The van der Waals surface area contributed by atoms with Gasteiger partial charge in [0.25, 0.3) is 0 Å². The van der Waals surface area contributed by atoms with E-state index in [0.717, 1.165) is 24.2 Å². The van der Waals surface area contributed by atoms with E-state index in [1.807, 2.05) is 18.0 Å². The van der Waals surface area contributed by atoms with Gasteiger partial charge in [0.1, 0.15) is 17.1 Å². The van der Waals surface area contributed by atoms with E-state index in [-0.39, 0.29) is 12.5 Å². The molecule has 7 heteroatoms. The number of aliphatic carboxylic acids is 1. The lowest BCUT2D eigenvalue weighted by molar-refractivity contribution is -0.149. The fourth-order valence-electron chi connectivity index (χ4n) is 3.45. The number of fused-ring (bicyclic) bond motifs is 1. The van der Waals surface area contributed by atoms with E-state index in [0.29, 0.717) is 18.9 Å². The summed E-state index contributed by atoms with van der Waals surface area (Å²) in [6, 6.07) is 0. The maximum atomic E-state index is 12.0. The van der Waals surface area contributed by atoms with E-state index < -0.39 is 17.3 Å². The summed E-state index contributed by atoms with van der Waals surface area (Å²) in [7, 11) is 0. The molecule has 1 aromatic rings. The van der Waals surface area contributed by atoms with Crippen molar-refractivity contribution < 1.29 is 14.7 Å². The number of anilines is 1. The van der Waals surface area contributed by atoms with Gasteiger partial charge in [-0.05, 0) is 13.3 Å². The first kappa shape index (κ1) is 14.7. The Morgan fingerprint density at radius 2 is 2.36 bits per heavy atom. The normalized spacial score (nSPS) is 26.9. The summed E-state index contributed by atoms with van der Waals surface area (Å²) in [6.07, 6.45) is 3.60. The number of hydrogen-bond donors (Lipinski definition) is 2. The van der Waals surface area contributed by atoms with Crippen LogP contribution in [0.15, 0.2) is 6.20 Å². The van der Waals surface area contributed by atoms with E-state index in [4.69, 9.17) is 0 Å². The molecule has 1 aromatic heterocycles. The molecule has 2 atom stereocenters. The number of carbonyl (C=O) groups is 2. The van der Waals surface area contributed by atoms with Crippen LogP contribution in [0.5, 0.6) is 0 Å². The average molecular weight is 304 g/mol. The molecule has 3 heterocycles. The third-order valence-electron chi connectivity index (χ3n) is 4.64. The third-order valence-corrected chi connectivity index (χ3v) is 4.64. The minimum absolute atomic E-state index is 0.173. The Morgan fingerprint density at radius 1 is 1.59 bits per heavy atom. The molecule has 118 valence electrons. The molecule has 0 saturated carbocycles. The monoisotopic (exact) mass is 304 g/mol. The van der Waals surface area contributed by atoms with Gasteiger partial charge in [-0.25, -0.2) is 9.97 Å². The molecule has 2 saturated heterocycles. The third kappa shape index (κ3) is 2.12. The first-order valence-electron chi connectivity index (χ1n) is 7.56. The Balaban J connectivity index is 1.97. The fraction of sp³-hybridized carbons (Fsp3) is 0.600. The standard InChI is InChI=1S/C15H20N4O3/c1-3-4-10-5-16-9(2)18-12(10)19-6-11-13(20)17-7-15(11,8-19)14(21)22/h5,11H,3-4,6-8H2,1-2H3,(H,17,20)(H,21,22)/t11-,15+/m0/s1. The number of carbonyl (C=O) groups excluding carboxylic acids is 1. The zero-order chi connectivity index (χ0) is 15.9. The quantitative estimate of drug-likeness (QED) is 0.834. The number of nitrogens with zero attached hydrogens (tertiary/aromatic N) is 3. The second kappa shape index (κ2) is 5.23. The number of carboxylic acids is 1. The molecular weight excluding hydrogens is 284 g/mol. The number of amides is 1. The van der Waals surface area contributed by atoms with Crippen LogP contribution in [-0.2, 0) is 16.0 Å². The molecule has 0 spiro atoms. The molecule has 0 unspecified atom stereocenters. The minimum atomic E-state index is -1.04. The van der Waals surface area contributed by atoms with Crippen molar-refractivity contribution in [1.82, 2.24) is 15.3 Å². The van der Waals surface area contributed by atoms with Crippen molar-refractivity contribution in [3.8, 4) is 0 Å². The number of aryl methyl sites for hydroxylation is 2. The first-order valence-corrected chi connectivity index (χ1v) is 7.56. The largest absolute Gasteiger partial charge is 0.481 e. The van der Waals surface area contributed by atoms with Crippen LogP contribution in [0.25, 0.3) is 0 Å². The van der Waals surface area contributed by atoms with Crippen LogP contribution in [0, 0.1) is 18.3 Å². The number of carboxylic acid groups (broad SMARTS) is 1. The Labute approximate surface area is 128 Å². The molecule has 2 N–H and O–H groups in total. The van der Waals surface area contributed by atoms with Gasteiger partial charge in [-0.1, -0.05) is 13.3 Å². The average Bonchev–Trinajstić information content (AvgIpc) is 3.00. The van der Waals surface area contributed by atoms with Gasteiger partial charge in [0.2, 0.25) is 5.91 Å². The molecule has 0 aliphatic carbocycles. The predicted octanol–water partition coefficient (Wildman–Crippen LogP) is 0.375. The smallest absolute Gasteiger partial charge is 0.314 e. The number of rotatable bonds is 4. The highest BCUT2D eigenvalue weighted by atomic mass is 16.4.